The molecular weight excluding hydrogens is 372 g/mol. The minimum Gasteiger partial charge on any atom is -0.383 e. The molecule has 3 aromatic rings. The van der Waals surface area contributed by atoms with Crippen LogP contribution < -0.4 is 11.1 Å². The molecule has 30 heavy (non-hydrogen) atoms. The van der Waals surface area contributed by atoms with Gasteiger partial charge in [-0.15, -0.1) is 0 Å². The van der Waals surface area contributed by atoms with Crippen molar-refractivity contribution in [2.45, 2.75) is 37.6 Å². The summed E-state index contributed by atoms with van der Waals surface area (Å²) in [5, 5.41) is 3.69. The third kappa shape index (κ3) is 3.83. The fourth-order valence-electron chi connectivity index (χ4n) is 4.73. The molecule has 0 bridgehead atoms. The highest BCUT2D eigenvalue weighted by Gasteiger charge is 2.25. The maximum Gasteiger partial charge on any atom is 0.131 e. The van der Waals surface area contributed by atoms with Crippen LogP contribution in [0.2, 0.25) is 0 Å². The molecule has 4 heterocycles. The lowest BCUT2D eigenvalue weighted by Gasteiger charge is -2.27. The first-order valence-electron chi connectivity index (χ1n) is 11.3. The Bertz CT molecular complexity index is 1070. The third-order valence-corrected chi connectivity index (χ3v) is 6.37. The summed E-state index contributed by atoms with van der Waals surface area (Å²) in [5.74, 6) is 1.03. The quantitative estimate of drug-likeness (QED) is 0.662. The van der Waals surface area contributed by atoms with E-state index < -0.39 is 0 Å². The van der Waals surface area contributed by atoms with Crippen LogP contribution in [-0.2, 0) is 4.74 Å². The molecule has 0 unspecified atom stereocenters. The van der Waals surface area contributed by atoms with Gasteiger partial charge < -0.3 is 15.8 Å². The van der Waals surface area contributed by atoms with Crippen molar-refractivity contribution in [3.63, 3.8) is 0 Å². The average molecular weight is 402 g/mol. The van der Waals surface area contributed by atoms with Crippen LogP contribution in [0.4, 0.5) is 5.82 Å². The largest absolute Gasteiger partial charge is 0.383 e. The SMILES string of the molecule is [2H]c1cc(-c2cc(-c3ccc(C4CCOCC4)c([C@@H]4CCCN4)c3)cnc2N)ccn1. The van der Waals surface area contributed by atoms with Crippen LogP contribution >= 0.6 is 0 Å². The number of hydrogen-bond acceptors (Lipinski definition) is 5. The van der Waals surface area contributed by atoms with Gasteiger partial charge in [-0.25, -0.2) is 4.98 Å². The first-order valence-corrected chi connectivity index (χ1v) is 10.8. The van der Waals surface area contributed by atoms with E-state index in [0.717, 1.165) is 54.9 Å². The fourth-order valence-corrected chi connectivity index (χ4v) is 4.73. The molecule has 5 nitrogen and oxygen atoms in total. The summed E-state index contributed by atoms with van der Waals surface area (Å²) in [5.41, 5.74) is 12.9. The average Bonchev–Trinajstić information content (AvgIpc) is 3.35. The van der Waals surface area contributed by atoms with Crippen molar-refractivity contribution >= 4 is 5.82 Å². The Balaban J connectivity index is 1.56. The van der Waals surface area contributed by atoms with E-state index in [1.807, 2.05) is 12.3 Å². The van der Waals surface area contributed by atoms with Gasteiger partial charge in [0.25, 0.3) is 0 Å². The van der Waals surface area contributed by atoms with Crippen molar-refractivity contribution in [1.29, 1.82) is 0 Å². The lowest BCUT2D eigenvalue weighted by Crippen LogP contribution is -2.19. The summed E-state index contributed by atoms with van der Waals surface area (Å²) in [6, 6.07) is 12.9. The van der Waals surface area contributed by atoms with Gasteiger partial charge in [0.1, 0.15) is 5.82 Å². The molecule has 2 aromatic heterocycles. The second kappa shape index (κ2) is 8.54. The maximum atomic E-state index is 7.83. The highest BCUT2D eigenvalue weighted by Crippen LogP contribution is 2.38. The van der Waals surface area contributed by atoms with Gasteiger partial charge in [0.05, 0.1) is 1.37 Å². The summed E-state index contributed by atoms with van der Waals surface area (Å²) < 4.78 is 13.4. The highest BCUT2D eigenvalue weighted by molar-refractivity contribution is 5.79. The minimum atomic E-state index is 0.220. The van der Waals surface area contributed by atoms with Crippen molar-refractivity contribution in [2.24, 2.45) is 0 Å². The number of nitrogens with two attached hydrogens (primary N) is 1. The standard InChI is InChI=1S/C25H28N4O/c26-25-22(17-5-10-27-11-6-17)15-20(16-29-25)19-3-4-21(18-7-12-30-13-8-18)23(14-19)24-2-1-9-28-24/h3-6,10-11,14-16,18,24,28H,1-2,7-9,12-13H2,(H2,26,29)/t24-/m0/s1/i10D. The lowest BCUT2D eigenvalue weighted by atomic mass is 9.84. The Morgan fingerprint density at radius 1 is 1.00 bits per heavy atom. The molecule has 1 atom stereocenters. The van der Waals surface area contributed by atoms with E-state index in [1.165, 1.54) is 24.0 Å². The smallest absolute Gasteiger partial charge is 0.131 e. The lowest BCUT2D eigenvalue weighted by molar-refractivity contribution is 0.0851. The number of nitrogen functional groups attached to an aromatic ring is 1. The number of rotatable bonds is 4. The number of benzene rings is 1. The van der Waals surface area contributed by atoms with E-state index >= 15 is 0 Å². The molecule has 3 N–H and O–H groups in total. The molecular formula is C25H28N4O. The van der Waals surface area contributed by atoms with Crippen LogP contribution in [0.5, 0.6) is 0 Å². The van der Waals surface area contributed by atoms with E-state index in [0.29, 0.717) is 17.8 Å². The van der Waals surface area contributed by atoms with Gasteiger partial charge in [0.2, 0.25) is 0 Å². The molecule has 2 aliphatic rings. The van der Waals surface area contributed by atoms with Crippen LogP contribution in [0.3, 0.4) is 0 Å². The Kier molecular flexibility index (Phi) is 5.14. The number of nitrogens with one attached hydrogen (secondary N) is 1. The van der Waals surface area contributed by atoms with Crippen molar-refractivity contribution < 1.29 is 6.11 Å². The summed E-state index contributed by atoms with van der Waals surface area (Å²) >= 11 is 0. The van der Waals surface area contributed by atoms with E-state index in [-0.39, 0.29) is 6.17 Å². The van der Waals surface area contributed by atoms with Crippen molar-refractivity contribution in [3.8, 4) is 22.3 Å². The van der Waals surface area contributed by atoms with Gasteiger partial charge in [0.15, 0.2) is 0 Å². The van der Waals surface area contributed by atoms with Crippen LogP contribution in [-0.4, -0.2) is 29.7 Å². The number of ether oxygens (including phenoxy) is 1. The van der Waals surface area contributed by atoms with Crippen molar-refractivity contribution in [3.05, 3.63) is 66.1 Å². The second-order valence-corrected chi connectivity index (χ2v) is 8.21. The molecule has 2 saturated heterocycles. The summed E-state index contributed by atoms with van der Waals surface area (Å²) in [6.07, 6.45) is 8.26. The summed E-state index contributed by atoms with van der Waals surface area (Å²) in [4.78, 5) is 8.44. The van der Waals surface area contributed by atoms with Crippen LogP contribution in [0.1, 0.15) is 50.1 Å². The van der Waals surface area contributed by atoms with Gasteiger partial charge >= 0.3 is 0 Å². The topological polar surface area (TPSA) is 73.1 Å². The zero-order chi connectivity index (χ0) is 21.2. The predicted octanol–water partition coefficient (Wildman–Crippen LogP) is 4.71. The molecule has 0 radical (unpaired) electrons. The van der Waals surface area contributed by atoms with Gasteiger partial charge in [-0.1, -0.05) is 12.1 Å². The number of nitrogens with zero attached hydrogens (tertiary/aromatic N) is 2. The molecule has 0 amide bonds. The minimum absolute atomic E-state index is 0.220. The van der Waals surface area contributed by atoms with Crippen molar-refractivity contribution in [1.82, 2.24) is 15.3 Å². The fraction of sp³-hybridized carbons (Fsp3) is 0.360. The Hall–Kier alpha value is -2.76. The van der Waals surface area contributed by atoms with Crippen molar-refractivity contribution in [2.75, 3.05) is 25.5 Å². The van der Waals surface area contributed by atoms with E-state index in [1.54, 1.807) is 12.3 Å². The van der Waals surface area contributed by atoms with Crippen LogP contribution in [0, 0.1) is 0 Å². The molecule has 1 aromatic carbocycles. The molecule has 154 valence electrons. The Labute approximate surface area is 179 Å². The Morgan fingerprint density at radius 2 is 1.90 bits per heavy atom. The molecule has 5 heteroatoms. The normalized spacial score (nSPS) is 20.3. The molecule has 0 spiro atoms. The van der Waals surface area contributed by atoms with Gasteiger partial charge in [0, 0.05) is 48.9 Å². The zero-order valence-electron chi connectivity index (χ0n) is 18.1. The predicted molar refractivity (Wildman–Crippen MR) is 120 cm³/mol. The Morgan fingerprint density at radius 3 is 2.70 bits per heavy atom. The summed E-state index contributed by atoms with van der Waals surface area (Å²) in [6.45, 7) is 2.77. The van der Waals surface area contributed by atoms with Gasteiger partial charge in [-0.2, -0.15) is 0 Å². The monoisotopic (exact) mass is 401 g/mol. The number of hydrogen-bond donors (Lipinski definition) is 2. The number of aromatic nitrogens is 2. The number of pyridine rings is 2. The first kappa shape index (κ1) is 18.0. The maximum absolute atomic E-state index is 7.83. The first-order chi connectivity index (χ1) is 15.2. The van der Waals surface area contributed by atoms with E-state index in [2.05, 4.69) is 39.6 Å². The molecule has 5 rings (SSSR count). The van der Waals surface area contributed by atoms with Crippen LogP contribution in [0.25, 0.3) is 22.3 Å². The molecule has 2 aliphatic heterocycles. The second-order valence-electron chi connectivity index (χ2n) is 8.21. The van der Waals surface area contributed by atoms with Crippen LogP contribution in [0.15, 0.2) is 55.0 Å². The summed E-state index contributed by atoms with van der Waals surface area (Å²) in [7, 11) is 0. The highest BCUT2D eigenvalue weighted by atomic mass is 16.5. The molecule has 2 fully saturated rings. The molecule has 0 saturated carbocycles. The zero-order valence-corrected chi connectivity index (χ0v) is 17.1. The molecule has 0 aliphatic carbocycles. The third-order valence-electron chi connectivity index (χ3n) is 6.37. The van der Waals surface area contributed by atoms with Gasteiger partial charge in [-0.05, 0) is 84.7 Å². The van der Waals surface area contributed by atoms with E-state index in [9.17, 15) is 0 Å². The van der Waals surface area contributed by atoms with Gasteiger partial charge in [-0.3, -0.25) is 4.98 Å². The van der Waals surface area contributed by atoms with E-state index in [4.69, 9.17) is 11.8 Å². The number of anilines is 1.